The van der Waals surface area contributed by atoms with Crippen molar-refractivity contribution in [1.29, 1.82) is 0 Å². The second-order valence-corrected chi connectivity index (χ2v) is 3.75. The van der Waals surface area contributed by atoms with Gasteiger partial charge in [-0.3, -0.25) is 9.69 Å². The van der Waals surface area contributed by atoms with Gasteiger partial charge in [-0.25, -0.2) is 0 Å². The van der Waals surface area contributed by atoms with Crippen LogP contribution in [0.15, 0.2) is 0 Å². The fourth-order valence-electron chi connectivity index (χ4n) is 1.83. The number of carbonyl (C=O) groups is 1. The Balaban J connectivity index is 2.48. The van der Waals surface area contributed by atoms with Crippen LogP contribution in [0.2, 0.25) is 0 Å². The Morgan fingerprint density at radius 2 is 2.33 bits per heavy atom. The lowest BCUT2D eigenvalue weighted by Gasteiger charge is -2.25. The van der Waals surface area contributed by atoms with Crippen LogP contribution < -0.4 is 0 Å². The highest BCUT2D eigenvalue weighted by Gasteiger charge is 2.19. The maximum atomic E-state index is 11.3. The minimum Gasteiger partial charge on any atom is -0.298 e. The molecule has 0 spiro atoms. The van der Waals surface area contributed by atoms with E-state index >= 15 is 0 Å². The normalized spacial score (nSPS) is 27.2. The highest BCUT2D eigenvalue weighted by atomic mass is 16.1. The lowest BCUT2D eigenvalue weighted by molar-refractivity contribution is -0.119. The average Bonchev–Trinajstić information content (AvgIpc) is 2.16. The molecule has 1 heterocycles. The van der Waals surface area contributed by atoms with Crippen molar-refractivity contribution in [3.05, 3.63) is 0 Å². The van der Waals surface area contributed by atoms with E-state index in [1.165, 1.54) is 6.42 Å². The van der Waals surface area contributed by atoms with Crippen LogP contribution >= 0.6 is 0 Å². The molecule has 2 nitrogen and oxygen atoms in total. The fraction of sp³-hybridized carbons (Fsp3) is 0.900. The van der Waals surface area contributed by atoms with E-state index < -0.39 is 0 Å². The van der Waals surface area contributed by atoms with Gasteiger partial charge in [-0.05, 0) is 32.7 Å². The van der Waals surface area contributed by atoms with Crippen molar-refractivity contribution in [2.75, 3.05) is 13.1 Å². The molecule has 0 aromatic heterocycles. The van der Waals surface area contributed by atoms with Crippen molar-refractivity contribution < 1.29 is 4.79 Å². The average molecular weight is 169 g/mol. The lowest BCUT2D eigenvalue weighted by atomic mass is 10.1. The van der Waals surface area contributed by atoms with E-state index in [0.717, 1.165) is 25.8 Å². The van der Waals surface area contributed by atoms with Gasteiger partial charge in [-0.15, -0.1) is 0 Å². The van der Waals surface area contributed by atoms with Crippen molar-refractivity contribution in [3.8, 4) is 0 Å². The van der Waals surface area contributed by atoms with Crippen LogP contribution in [0.3, 0.4) is 0 Å². The molecule has 0 aromatic rings. The first-order valence-corrected chi connectivity index (χ1v) is 4.99. The smallest absolute Gasteiger partial charge is 0.146 e. The number of hydrogen-bond donors (Lipinski definition) is 0. The highest BCUT2D eigenvalue weighted by molar-refractivity contribution is 5.80. The van der Waals surface area contributed by atoms with Gasteiger partial charge >= 0.3 is 0 Å². The van der Waals surface area contributed by atoms with E-state index in [2.05, 4.69) is 18.7 Å². The summed E-state index contributed by atoms with van der Waals surface area (Å²) in [6.45, 7) is 6.16. The van der Waals surface area contributed by atoms with Crippen molar-refractivity contribution in [2.24, 2.45) is 0 Å². The molecule has 0 bridgehead atoms. The summed E-state index contributed by atoms with van der Waals surface area (Å²) in [5, 5.41) is 0. The van der Waals surface area contributed by atoms with Crippen LogP contribution in [0.4, 0.5) is 0 Å². The Hall–Kier alpha value is -0.370. The number of hydrogen-bond acceptors (Lipinski definition) is 2. The quantitative estimate of drug-likeness (QED) is 0.628. The molecular weight excluding hydrogens is 150 g/mol. The van der Waals surface area contributed by atoms with Crippen molar-refractivity contribution >= 4 is 5.78 Å². The SMILES string of the molecule is CCCN1CC(=O)CCCC1C. The van der Waals surface area contributed by atoms with Crippen LogP contribution in [0.1, 0.15) is 39.5 Å². The fourth-order valence-corrected chi connectivity index (χ4v) is 1.83. The van der Waals surface area contributed by atoms with Crippen molar-refractivity contribution in [3.63, 3.8) is 0 Å². The van der Waals surface area contributed by atoms with E-state index in [1.807, 2.05) is 0 Å². The standard InChI is InChI=1S/C10H19NO/c1-3-7-11-8-10(12)6-4-5-9(11)2/h9H,3-8H2,1-2H3. The maximum Gasteiger partial charge on any atom is 0.146 e. The van der Waals surface area contributed by atoms with E-state index in [4.69, 9.17) is 0 Å². The van der Waals surface area contributed by atoms with Crippen molar-refractivity contribution in [2.45, 2.75) is 45.6 Å². The minimum absolute atomic E-state index is 0.424. The zero-order valence-corrected chi connectivity index (χ0v) is 8.18. The van der Waals surface area contributed by atoms with Gasteiger partial charge in [0.25, 0.3) is 0 Å². The number of likely N-dealkylation sites (tertiary alicyclic amines) is 1. The van der Waals surface area contributed by atoms with E-state index in [-0.39, 0.29) is 0 Å². The molecule has 1 atom stereocenters. The number of ketones is 1. The number of carbonyl (C=O) groups excluding carboxylic acids is 1. The summed E-state index contributed by atoms with van der Waals surface area (Å²) in [7, 11) is 0. The second-order valence-electron chi connectivity index (χ2n) is 3.75. The summed E-state index contributed by atoms with van der Waals surface area (Å²) in [5.74, 6) is 0.424. The zero-order chi connectivity index (χ0) is 8.97. The Kier molecular flexibility index (Phi) is 3.73. The van der Waals surface area contributed by atoms with E-state index in [1.54, 1.807) is 0 Å². The van der Waals surface area contributed by atoms with Gasteiger partial charge in [0, 0.05) is 12.5 Å². The summed E-state index contributed by atoms with van der Waals surface area (Å²) in [4.78, 5) is 13.6. The third-order valence-electron chi connectivity index (χ3n) is 2.59. The summed E-state index contributed by atoms with van der Waals surface area (Å²) in [6, 6.07) is 0.608. The first-order valence-electron chi connectivity index (χ1n) is 4.99. The third kappa shape index (κ3) is 2.59. The van der Waals surface area contributed by atoms with Crippen molar-refractivity contribution in [1.82, 2.24) is 4.90 Å². The molecule has 0 radical (unpaired) electrons. The Morgan fingerprint density at radius 3 is 3.00 bits per heavy atom. The molecule has 70 valence electrons. The van der Waals surface area contributed by atoms with Crippen LogP contribution in [0, 0.1) is 0 Å². The monoisotopic (exact) mass is 169 g/mol. The second kappa shape index (κ2) is 4.61. The predicted octanol–water partition coefficient (Wildman–Crippen LogP) is 1.84. The molecule has 0 aliphatic carbocycles. The Morgan fingerprint density at radius 1 is 1.58 bits per heavy atom. The molecular formula is C10H19NO. The molecule has 1 aliphatic heterocycles. The predicted molar refractivity (Wildman–Crippen MR) is 50.2 cm³/mol. The van der Waals surface area contributed by atoms with Crippen LogP contribution in [-0.2, 0) is 4.79 Å². The van der Waals surface area contributed by atoms with Crippen LogP contribution in [0.5, 0.6) is 0 Å². The molecule has 0 N–H and O–H groups in total. The molecule has 1 aliphatic rings. The highest BCUT2D eigenvalue weighted by Crippen LogP contribution is 2.14. The lowest BCUT2D eigenvalue weighted by Crippen LogP contribution is -2.35. The maximum absolute atomic E-state index is 11.3. The molecule has 1 unspecified atom stereocenters. The summed E-state index contributed by atoms with van der Waals surface area (Å²) in [5.41, 5.74) is 0. The molecule has 0 saturated carbocycles. The molecule has 1 saturated heterocycles. The van der Waals surface area contributed by atoms with Crippen LogP contribution in [-0.4, -0.2) is 29.8 Å². The molecule has 0 amide bonds. The van der Waals surface area contributed by atoms with E-state index in [9.17, 15) is 4.79 Å². The van der Waals surface area contributed by atoms with Gasteiger partial charge in [-0.1, -0.05) is 6.92 Å². The first kappa shape index (κ1) is 9.72. The van der Waals surface area contributed by atoms with Crippen LogP contribution in [0.25, 0.3) is 0 Å². The Bertz CT molecular complexity index is 156. The zero-order valence-electron chi connectivity index (χ0n) is 8.18. The molecule has 12 heavy (non-hydrogen) atoms. The van der Waals surface area contributed by atoms with Gasteiger partial charge < -0.3 is 0 Å². The summed E-state index contributed by atoms with van der Waals surface area (Å²) in [6.07, 6.45) is 4.22. The molecule has 1 fully saturated rings. The number of nitrogens with zero attached hydrogens (tertiary/aromatic N) is 1. The molecule has 0 aromatic carbocycles. The van der Waals surface area contributed by atoms with Gasteiger partial charge in [0.05, 0.1) is 6.54 Å². The number of rotatable bonds is 2. The minimum atomic E-state index is 0.424. The Labute approximate surface area is 74.9 Å². The number of Topliss-reactive ketones (excluding diaryl/α,β-unsaturated/α-hetero) is 1. The topological polar surface area (TPSA) is 20.3 Å². The van der Waals surface area contributed by atoms with Gasteiger partial charge in [0.1, 0.15) is 5.78 Å². The molecule has 1 rings (SSSR count). The van der Waals surface area contributed by atoms with Gasteiger partial charge in [0.15, 0.2) is 0 Å². The van der Waals surface area contributed by atoms with Gasteiger partial charge in [0.2, 0.25) is 0 Å². The summed E-state index contributed by atoms with van der Waals surface area (Å²) >= 11 is 0. The third-order valence-corrected chi connectivity index (χ3v) is 2.59. The largest absolute Gasteiger partial charge is 0.298 e. The first-order chi connectivity index (χ1) is 5.74. The van der Waals surface area contributed by atoms with Gasteiger partial charge in [-0.2, -0.15) is 0 Å². The summed E-state index contributed by atoms with van der Waals surface area (Å²) < 4.78 is 0. The van der Waals surface area contributed by atoms with E-state index in [0.29, 0.717) is 18.4 Å². The molecule has 2 heteroatoms.